The van der Waals surface area contributed by atoms with Crippen LogP contribution in [-0.4, -0.2) is 39.3 Å². The van der Waals surface area contributed by atoms with Crippen molar-refractivity contribution in [1.29, 1.82) is 0 Å². The lowest BCUT2D eigenvalue weighted by Gasteiger charge is -1.96. The van der Waals surface area contributed by atoms with Gasteiger partial charge in [0.25, 0.3) is 0 Å². The Kier molecular flexibility index (Phi) is 4.17. The summed E-state index contributed by atoms with van der Waals surface area (Å²) in [5.41, 5.74) is 0. The summed E-state index contributed by atoms with van der Waals surface area (Å²) in [6.45, 7) is 1.78. The number of rotatable bonds is 0. The van der Waals surface area contributed by atoms with Crippen molar-refractivity contribution >= 4 is 19.7 Å². The lowest BCUT2D eigenvalue weighted by Crippen LogP contribution is -2.10. The second-order valence-corrected chi connectivity index (χ2v) is 9.02. The van der Waals surface area contributed by atoms with Crippen molar-refractivity contribution in [2.24, 2.45) is 0 Å². The first-order valence-corrected chi connectivity index (χ1v) is 8.79. The van der Waals surface area contributed by atoms with Gasteiger partial charge in [0.2, 0.25) is 0 Å². The molecular weight excluding hydrogens is 236 g/mol. The Bertz CT molecular complexity index is 382. The molecule has 2 saturated heterocycles. The first kappa shape index (κ1) is 13.0. The van der Waals surface area contributed by atoms with E-state index in [0.29, 0.717) is 17.3 Å². The van der Waals surface area contributed by atoms with Gasteiger partial charge in [0.05, 0.1) is 22.5 Å². The zero-order valence-electron chi connectivity index (χ0n) is 8.98. The third-order valence-corrected chi connectivity index (χ3v) is 6.95. The highest BCUT2D eigenvalue weighted by atomic mass is 32.2. The second-order valence-electron chi connectivity index (χ2n) is 4.18. The number of sulfone groups is 2. The van der Waals surface area contributed by atoms with Gasteiger partial charge in [-0.2, -0.15) is 0 Å². The molecule has 4 nitrogen and oxygen atoms in total. The third kappa shape index (κ3) is 4.10. The van der Waals surface area contributed by atoms with Crippen LogP contribution >= 0.6 is 0 Å². The lowest BCUT2D eigenvalue weighted by atomic mass is 10.3. The van der Waals surface area contributed by atoms with Gasteiger partial charge in [-0.1, -0.05) is 0 Å². The fourth-order valence-electron chi connectivity index (χ4n) is 1.70. The van der Waals surface area contributed by atoms with Gasteiger partial charge < -0.3 is 0 Å². The van der Waals surface area contributed by atoms with Gasteiger partial charge in [0.1, 0.15) is 9.84 Å². The minimum Gasteiger partial charge on any atom is -0.229 e. The zero-order chi connectivity index (χ0) is 11.5. The Labute approximate surface area is 91.9 Å². The quantitative estimate of drug-likeness (QED) is 0.640. The molecule has 0 aromatic rings. The van der Waals surface area contributed by atoms with Crippen LogP contribution in [0.1, 0.15) is 32.6 Å². The van der Waals surface area contributed by atoms with E-state index < -0.39 is 19.7 Å². The maximum atomic E-state index is 10.8. The van der Waals surface area contributed by atoms with Crippen LogP contribution in [0.25, 0.3) is 0 Å². The summed E-state index contributed by atoms with van der Waals surface area (Å²) >= 11 is 0. The van der Waals surface area contributed by atoms with Gasteiger partial charge in [-0.25, -0.2) is 16.8 Å². The van der Waals surface area contributed by atoms with Gasteiger partial charge in [0, 0.05) is 0 Å². The van der Waals surface area contributed by atoms with Crippen LogP contribution in [-0.2, 0) is 19.7 Å². The molecule has 0 bridgehead atoms. The molecule has 1 unspecified atom stereocenters. The molecule has 0 amide bonds. The van der Waals surface area contributed by atoms with Gasteiger partial charge in [0.15, 0.2) is 9.84 Å². The van der Waals surface area contributed by atoms with Crippen LogP contribution in [0, 0.1) is 0 Å². The maximum Gasteiger partial charge on any atom is 0.152 e. The molecule has 0 spiro atoms. The molecule has 1 atom stereocenters. The fourth-order valence-corrected chi connectivity index (χ4v) is 4.69. The molecule has 0 aromatic carbocycles. The van der Waals surface area contributed by atoms with E-state index in [2.05, 4.69) is 0 Å². The second kappa shape index (κ2) is 4.82. The molecule has 2 rings (SSSR count). The van der Waals surface area contributed by atoms with Gasteiger partial charge in [-0.3, -0.25) is 0 Å². The molecule has 0 radical (unpaired) electrons. The Morgan fingerprint density at radius 3 is 1.53 bits per heavy atom. The summed E-state index contributed by atoms with van der Waals surface area (Å²) in [6.07, 6.45) is 3.48. The molecular formula is C9H18O4S2. The normalized spacial score (nSPS) is 31.9. The summed E-state index contributed by atoms with van der Waals surface area (Å²) in [5.74, 6) is 1.26. The predicted octanol–water partition coefficient (Wildman–Crippen LogP) is 0.779. The Hall–Kier alpha value is -0.100. The van der Waals surface area contributed by atoms with E-state index in [-0.39, 0.29) is 5.25 Å². The highest BCUT2D eigenvalue weighted by molar-refractivity contribution is 7.92. The molecule has 0 aromatic heterocycles. The van der Waals surface area contributed by atoms with Crippen molar-refractivity contribution < 1.29 is 16.8 Å². The lowest BCUT2D eigenvalue weighted by molar-refractivity contribution is 0.593. The molecule has 2 fully saturated rings. The number of hydrogen-bond acceptors (Lipinski definition) is 4. The topological polar surface area (TPSA) is 68.3 Å². The SMILES string of the molecule is CC1CCCS1(=O)=O.O=S1(=O)CCCC1. The van der Waals surface area contributed by atoms with Crippen molar-refractivity contribution in [3.63, 3.8) is 0 Å². The average Bonchev–Trinajstić information content (AvgIpc) is 2.61. The summed E-state index contributed by atoms with van der Waals surface area (Å²) in [4.78, 5) is 0. The van der Waals surface area contributed by atoms with Crippen molar-refractivity contribution in [2.75, 3.05) is 17.3 Å². The monoisotopic (exact) mass is 254 g/mol. The highest BCUT2D eigenvalue weighted by Gasteiger charge is 2.26. The Morgan fingerprint density at radius 2 is 1.40 bits per heavy atom. The van der Waals surface area contributed by atoms with E-state index >= 15 is 0 Å². The van der Waals surface area contributed by atoms with Gasteiger partial charge >= 0.3 is 0 Å². The summed E-state index contributed by atoms with van der Waals surface area (Å²) in [5, 5.41) is -0.0671. The van der Waals surface area contributed by atoms with Crippen LogP contribution in [0.3, 0.4) is 0 Å². The molecule has 2 heterocycles. The van der Waals surface area contributed by atoms with Crippen LogP contribution in [0.15, 0.2) is 0 Å². The standard InChI is InChI=1S/C5H10O2S.C4H8O2S/c1-5-3-2-4-8(5,6)7;5-7(6)3-1-2-4-7/h5H,2-4H2,1H3;1-4H2. The van der Waals surface area contributed by atoms with Gasteiger partial charge in [-0.15, -0.1) is 0 Å². The molecule has 0 saturated carbocycles. The van der Waals surface area contributed by atoms with Gasteiger partial charge in [-0.05, 0) is 32.6 Å². The summed E-state index contributed by atoms with van der Waals surface area (Å²) in [7, 11) is -5.17. The molecule has 90 valence electrons. The smallest absolute Gasteiger partial charge is 0.152 e. The van der Waals surface area contributed by atoms with Crippen molar-refractivity contribution in [1.82, 2.24) is 0 Å². The van der Waals surface area contributed by atoms with Crippen LogP contribution in [0.2, 0.25) is 0 Å². The zero-order valence-corrected chi connectivity index (χ0v) is 10.6. The number of hydrogen-bond donors (Lipinski definition) is 0. The van der Waals surface area contributed by atoms with Crippen molar-refractivity contribution in [2.45, 2.75) is 37.9 Å². The van der Waals surface area contributed by atoms with E-state index in [1.165, 1.54) is 0 Å². The van der Waals surface area contributed by atoms with Crippen molar-refractivity contribution in [3.8, 4) is 0 Å². The van der Waals surface area contributed by atoms with Crippen LogP contribution in [0.5, 0.6) is 0 Å². The Balaban J connectivity index is 0.000000151. The van der Waals surface area contributed by atoms with Crippen LogP contribution in [0.4, 0.5) is 0 Å². The van der Waals surface area contributed by atoms with E-state index in [0.717, 1.165) is 25.7 Å². The predicted molar refractivity (Wildman–Crippen MR) is 60.4 cm³/mol. The minimum atomic E-state index is -2.62. The van der Waals surface area contributed by atoms with Crippen LogP contribution < -0.4 is 0 Å². The average molecular weight is 254 g/mol. The van der Waals surface area contributed by atoms with Crippen molar-refractivity contribution in [3.05, 3.63) is 0 Å². The largest absolute Gasteiger partial charge is 0.229 e. The first-order valence-electron chi connectivity index (χ1n) is 5.25. The minimum absolute atomic E-state index is 0.0671. The first-order chi connectivity index (χ1) is 6.83. The van der Waals surface area contributed by atoms with E-state index in [9.17, 15) is 16.8 Å². The molecule has 0 N–H and O–H groups in total. The van der Waals surface area contributed by atoms with E-state index in [1.54, 1.807) is 6.92 Å². The molecule has 2 aliphatic heterocycles. The van der Waals surface area contributed by atoms with E-state index in [4.69, 9.17) is 0 Å². The summed E-state index contributed by atoms with van der Waals surface area (Å²) < 4.78 is 42.4. The van der Waals surface area contributed by atoms with E-state index in [1.807, 2.05) is 0 Å². The highest BCUT2D eigenvalue weighted by Crippen LogP contribution is 2.18. The fraction of sp³-hybridized carbons (Fsp3) is 1.00. The molecule has 0 aliphatic carbocycles. The molecule has 6 heteroatoms. The Morgan fingerprint density at radius 1 is 0.867 bits per heavy atom. The molecule has 2 aliphatic rings. The third-order valence-electron chi connectivity index (χ3n) is 2.81. The molecule has 15 heavy (non-hydrogen) atoms. The summed E-state index contributed by atoms with van der Waals surface area (Å²) in [6, 6.07) is 0. The maximum absolute atomic E-state index is 10.8.